The van der Waals surface area contributed by atoms with Crippen molar-refractivity contribution in [3.8, 4) is 5.88 Å². The highest BCUT2D eigenvalue weighted by Crippen LogP contribution is 2.28. The monoisotopic (exact) mass is 480 g/mol. The van der Waals surface area contributed by atoms with Crippen molar-refractivity contribution in [2.24, 2.45) is 5.92 Å². The van der Waals surface area contributed by atoms with Gasteiger partial charge < -0.3 is 24.5 Å². The summed E-state index contributed by atoms with van der Waals surface area (Å²) in [4.78, 5) is 35.7. The lowest BCUT2D eigenvalue weighted by Crippen LogP contribution is -2.51. The fraction of sp³-hybridized carbons (Fsp3) is 0.444. The van der Waals surface area contributed by atoms with Gasteiger partial charge in [0.1, 0.15) is 11.7 Å². The number of ether oxygens (including phenoxy) is 1. The quantitative estimate of drug-likeness (QED) is 0.625. The highest BCUT2D eigenvalue weighted by Gasteiger charge is 2.34. The number of aliphatic hydroxyl groups excluding tert-OH is 1. The second-order valence-corrected chi connectivity index (χ2v) is 9.50. The van der Waals surface area contributed by atoms with Gasteiger partial charge in [-0.3, -0.25) is 9.59 Å². The Kier molecular flexibility index (Phi) is 9.01. The predicted molar refractivity (Wildman–Crippen MR) is 137 cm³/mol. The third-order valence-electron chi connectivity index (χ3n) is 6.14. The molecule has 0 saturated carbocycles. The number of pyridine rings is 1. The van der Waals surface area contributed by atoms with Crippen molar-refractivity contribution < 1.29 is 19.4 Å². The van der Waals surface area contributed by atoms with Crippen LogP contribution in [0.15, 0.2) is 42.6 Å². The maximum atomic E-state index is 13.5. The van der Waals surface area contributed by atoms with Crippen molar-refractivity contribution in [2.75, 3.05) is 47.4 Å². The number of rotatable bonds is 8. The minimum absolute atomic E-state index is 0.0147. The zero-order valence-electron chi connectivity index (χ0n) is 21.2. The Hall–Kier alpha value is -3.23. The zero-order valence-corrected chi connectivity index (χ0v) is 21.2. The lowest BCUT2D eigenvalue weighted by molar-refractivity contribution is -0.132. The predicted octanol–water partition coefficient (Wildman–Crippen LogP) is 2.49. The van der Waals surface area contributed by atoms with Crippen LogP contribution in [0.5, 0.6) is 5.88 Å². The number of nitrogens with zero attached hydrogens (tertiary/aromatic N) is 4. The van der Waals surface area contributed by atoms with Gasteiger partial charge >= 0.3 is 0 Å². The first-order valence-corrected chi connectivity index (χ1v) is 11.9. The number of fused-ring (bicyclic) bond motifs is 1. The average Bonchev–Trinajstić information content (AvgIpc) is 2.84. The van der Waals surface area contributed by atoms with Crippen LogP contribution in [0.25, 0.3) is 12.2 Å². The van der Waals surface area contributed by atoms with Gasteiger partial charge in [0.2, 0.25) is 11.8 Å². The van der Waals surface area contributed by atoms with Gasteiger partial charge in [-0.2, -0.15) is 0 Å². The summed E-state index contributed by atoms with van der Waals surface area (Å²) in [5.41, 5.74) is 2.15. The number of carbonyl (C=O) groups is 2. The molecule has 1 aromatic carbocycles. The lowest BCUT2D eigenvalue weighted by Gasteiger charge is -2.37. The first-order valence-electron chi connectivity index (χ1n) is 11.9. The molecule has 35 heavy (non-hydrogen) atoms. The van der Waals surface area contributed by atoms with Crippen LogP contribution in [0.1, 0.15) is 35.3 Å². The lowest BCUT2D eigenvalue weighted by atomic mass is 9.99. The van der Waals surface area contributed by atoms with Crippen molar-refractivity contribution in [3.05, 3.63) is 59.3 Å². The molecule has 1 N–H and O–H groups in total. The smallest absolute Gasteiger partial charge is 0.259 e. The molecule has 0 spiro atoms. The summed E-state index contributed by atoms with van der Waals surface area (Å²) >= 11 is 0. The molecule has 8 heteroatoms. The Balaban J connectivity index is 1.93. The topological polar surface area (TPSA) is 86.2 Å². The van der Waals surface area contributed by atoms with E-state index < -0.39 is 0 Å². The average molecular weight is 481 g/mol. The summed E-state index contributed by atoms with van der Waals surface area (Å²) < 4.78 is 6.27. The van der Waals surface area contributed by atoms with Crippen molar-refractivity contribution in [2.45, 2.75) is 26.0 Å². The van der Waals surface area contributed by atoms with E-state index >= 15 is 0 Å². The normalized spacial score (nSPS) is 19.2. The Morgan fingerprint density at radius 3 is 2.57 bits per heavy atom. The van der Waals surface area contributed by atoms with Crippen LogP contribution in [0.3, 0.4) is 0 Å². The van der Waals surface area contributed by atoms with Crippen LogP contribution in [0.4, 0.5) is 0 Å². The molecule has 2 amide bonds. The number of hydrogen-bond acceptors (Lipinski definition) is 6. The number of amides is 2. The van der Waals surface area contributed by atoms with Gasteiger partial charge in [-0.05, 0) is 38.2 Å². The molecule has 8 nitrogen and oxygen atoms in total. The molecule has 0 radical (unpaired) electrons. The van der Waals surface area contributed by atoms with Crippen molar-refractivity contribution in [1.29, 1.82) is 0 Å². The van der Waals surface area contributed by atoms with E-state index in [2.05, 4.69) is 4.98 Å². The van der Waals surface area contributed by atoms with E-state index in [1.807, 2.05) is 75.3 Å². The molecule has 1 aliphatic heterocycles. The zero-order chi connectivity index (χ0) is 25.5. The Labute approximate surface area is 207 Å². The summed E-state index contributed by atoms with van der Waals surface area (Å²) in [6, 6.07) is 11.3. The molecule has 2 aromatic rings. The van der Waals surface area contributed by atoms with Gasteiger partial charge in [-0.15, -0.1) is 0 Å². The van der Waals surface area contributed by atoms with Crippen LogP contribution < -0.4 is 4.74 Å². The second kappa shape index (κ2) is 12.0. The van der Waals surface area contributed by atoms with Crippen LogP contribution >= 0.6 is 0 Å². The first kappa shape index (κ1) is 26.4. The standard InChI is InChI=1S/C27H36N4O4/c1-19-15-31(20(2)18-32)27(34)23-13-22(12-11-21-9-7-6-8-10-21)14-28-26(23)35-24(19)16-30(5)25(33)17-29(3)4/h6-14,19-20,24,32H,15-18H2,1-5H3/b12-11+/t19-,20+,24-/m1/s1. The van der Waals surface area contributed by atoms with Crippen LogP contribution in [-0.2, 0) is 4.79 Å². The van der Waals surface area contributed by atoms with E-state index in [1.54, 1.807) is 29.1 Å². The number of aliphatic hydroxyl groups is 1. The molecule has 0 unspecified atom stereocenters. The fourth-order valence-electron chi connectivity index (χ4n) is 3.95. The molecule has 3 atom stereocenters. The second-order valence-electron chi connectivity index (χ2n) is 9.50. The van der Waals surface area contributed by atoms with Gasteiger partial charge in [0.25, 0.3) is 5.91 Å². The summed E-state index contributed by atoms with van der Waals surface area (Å²) in [5.74, 6) is -0.0902. The maximum Gasteiger partial charge on any atom is 0.259 e. The van der Waals surface area contributed by atoms with Crippen molar-refractivity contribution >= 4 is 24.0 Å². The van der Waals surface area contributed by atoms with E-state index in [1.165, 1.54) is 0 Å². The summed E-state index contributed by atoms with van der Waals surface area (Å²) in [6.07, 6.45) is 5.17. The fourth-order valence-corrected chi connectivity index (χ4v) is 3.95. The van der Waals surface area contributed by atoms with Gasteiger partial charge in [0, 0.05) is 25.7 Å². The van der Waals surface area contributed by atoms with Crippen molar-refractivity contribution in [3.63, 3.8) is 0 Å². The van der Waals surface area contributed by atoms with Gasteiger partial charge in [0.15, 0.2) is 0 Å². The molecule has 188 valence electrons. The molecule has 0 bridgehead atoms. The summed E-state index contributed by atoms with van der Waals surface area (Å²) in [5, 5.41) is 9.82. The highest BCUT2D eigenvalue weighted by atomic mass is 16.5. The molecule has 0 aliphatic carbocycles. The number of aromatic nitrogens is 1. The SMILES string of the molecule is C[C@@H]1CN([C@@H](C)CO)C(=O)c2cc(/C=C/c3ccccc3)cnc2O[C@@H]1CN(C)C(=O)CN(C)C. The highest BCUT2D eigenvalue weighted by molar-refractivity contribution is 5.97. The maximum absolute atomic E-state index is 13.5. The van der Waals surface area contributed by atoms with Gasteiger partial charge in [0.05, 0.1) is 25.7 Å². The Morgan fingerprint density at radius 1 is 1.23 bits per heavy atom. The first-order chi connectivity index (χ1) is 16.7. The van der Waals surface area contributed by atoms with E-state index in [9.17, 15) is 14.7 Å². The Morgan fingerprint density at radius 2 is 1.91 bits per heavy atom. The molecule has 0 fully saturated rings. The number of carbonyl (C=O) groups excluding carboxylic acids is 2. The van der Waals surface area contributed by atoms with Crippen molar-refractivity contribution in [1.82, 2.24) is 19.7 Å². The minimum Gasteiger partial charge on any atom is -0.472 e. The number of benzene rings is 1. The molecule has 2 heterocycles. The summed E-state index contributed by atoms with van der Waals surface area (Å²) in [7, 11) is 5.46. The molecule has 3 rings (SSSR count). The van der Waals surface area contributed by atoms with Crippen LogP contribution in [0.2, 0.25) is 0 Å². The Bertz CT molecular complexity index is 1040. The third kappa shape index (κ3) is 6.90. The van der Waals surface area contributed by atoms with E-state index in [0.29, 0.717) is 25.2 Å². The largest absolute Gasteiger partial charge is 0.472 e. The van der Waals surface area contributed by atoms with E-state index in [0.717, 1.165) is 11.1 Å². The molecule has 0 saturated heterocycles. The number of likely N-dealkylation sites (N-methyl/N-ethyl adjacent to an activating group) is 2. The minimum atomic E-state index is -0.371. The van der Waals surface area contributed by atoms with E-state index in [4.69, 9.17) is 4.74 Å². The molecular weight excluding hydrogens is 444 g/mol. The van der Waals surface area contributed by atoms with Gasteiger partial charge in [-0.25, -0.2) is 4.98 Å². The molecule has 1 aliphatic rings. The third-order valence-corrected chi connectivity index (χ3v) is 6.14. The van der Waals surface area contributed by atoms with E-state index in [-0.39, 0.29) is 42.4 Å². The number of hydrogen-bond donors (Lipinski definition) is 1. The molecule has 1 aromatic heterocycles. The van der Waals surface area contributed by atoms with Crippen LogP contribution in [0, 0.1) is 5.92 Å². The van der Waals surface area contributed by atoms with Gasteiger partial charge in [-0.1, -0.05) is 49.4 Å². The van der Waals surface area contributed by atoms with Crippen LogP contribution in [-0.4, -0.2) is 96.1 Å². The molecular formula is C27H36N4O4. The summed E-state index contributed by atoms with van der Waals surface area (Å²) in [6.45, 7) is 4.71.